The zero-order valence-electron chi connectivity index (χ0n) is 11.3. The molecule has 0 aromatic heterocycles. The third-order valence-electron chi connectivity index (χ3n) is 3.78. The van der Waals surface area contributed by atoms with Crippen LogP contribution in [0.15, 0.2) is 24.3 Å². The molecule has 1 aliphatic rings. The maximum absolute atomic E-state index is 12.5. The maximum atomic E-state index is 12.5. The van der Waals surface area contributed by atoms with Crippen molar-refractivity contribution in [2.24, 2.45) is 0 Å². The molecule has 4 nitrogen and oxygen atoms in total. The van der Waals surface area contributed by atoms with Crippen LogP contribution in [0.1, 0.15) is 37.3 Å². The predicted octanol–water partition coefficient (Wildman–Crippen LogP) is 2.04. The van der Waals surface area contributed by atoms with Gasteiger partial charge in [-0.1, -0.05) is 24.3 Å². The van der Waals surface area contributed by atoms with Crippen molar-refractivity contribution >= 4 is 11.9 Å². The topological polar surface area (TPSA) is 57.6 Å². The average Bonchev–Trinajstić information content (AvgIpc) is 2.30. The molecule has 2 rings (SSSR count). The second-order valence-electron chi connectivity index (χ2n) is 5.03. The fourth-order valence-electron chi connectivity index (χ4n) is 2.73. The number of hydrogen-bond acceptors (Lipinski definition) is 2. The summed E-state index contributed by atoms with van der Waals surface area (Å²) >= 11 is 0. The zero-order chi connectivity index (χ0) is 14.0. The van der Waals surface area contributed by atoms with E-state index >= 15 is 0 Å². The lowest BCUT2D eigenvalue weighted by atomic mass is 9.76. The van der Waals surface area contributed by atoms with E-state index in [1.165, 1.54) is 5.56 Å². The second kappa shape index (κ2) is 5.43. The van der Waals surface area contributed by atoms with E-state index in [4.69, 9.17) is 5.11 Å². The number of likely N-dealkylation sites (N-methyl/N-ethyl adjacent to an activating group) is 1. The SMILES string of the molecule is CCN(C(=O)C1Cc2ccccc21)C(C)CC(=O)O. The van der Waals surface area contributed by atoms with E-state index < -0.39 is 5.97 Å². The van der Waals surface area contributed by atoms with Gasteiger partial charge < -0.3 is 10.0 Å². The van der Waals surface area contributed by atoms with Gasteiger partial charge in [0.2, 0.25) is 5.91 Å². The number of hydrogen-bond donors (Lipinski definition) is 1. The van der Waals surface area contributed by atoms with Gasteiger partial charge in [-0.15, -0.1) is 0 Å². The molecule has 2 unspecified atom stereocenters. The molecule has 0 saturated heterocycles. The molecule has 1 N–H and O–H groups in total. The second-order valence-corrected chi connectivity index (χ2v) is 5.03. The summed E-state index contributed by atoms with van der Waals surface area (Å²) in [5.41, 5.74) is 2.32. The molecule has 0 aliphatic heterocycles. The van der Waals surface area contributed by atoms with Crippen LogP contribution in [0.3, 0.4) is 0 Å². The van der Waals surface area contributed by atoms with Crippen molar-refractivity contribution in [3.63, 3.8) is 0 Å². The van der Waals surface area contributed by atoms with Gasteiger partial charge in [0.1, 0.15) is 0 Å². The lowest BCUT2D eigenvalue weighted by molar-refractivity contribution is -0.141. The number of amides is 1. The van der Waals surface area contributed by atoms with Gasteiger partial charge in [-0.05, 0) is 31.4 Å². The standard InChI is InChI=1S/C15H19NO3/c1-3-16(10(2)8-14(17)18)15(19)13-9-11-6-4-5-7-12(11)13/h4-7,10,13H,3,8-9H2,1-2H3,(H,17,18). The minimum atomic E-state index is -0.868. The smallest absolute Gasteiger partial charge is 0.305 e. The lowest BCUT2D eigenvalue weighted by Crippen LogP contribution is -2.44. The molecule has 1 aromatic rings. The minimum Gasteiger partial charge on any atom is -0.481 e. The van der Waals surface area contributed by atoms with Crippen LogP contribution in [-0.4, -0.2) is 34.5 Å². The van der Waals surface area contributed by atoms with Gasteiger partial charge in [0.15, 0.2) is 0 Å². The van der Waals surface area contributed by atoms with Crippen LogP contribution in [0.2, 0.25) is 0 Å². The van der Waals surface area contributed by atoms with E-state index in [2.05, 4.69) is 0 Å². The highest BCUT2D eigenvalue weighted by molar-refractivity contribution is 5.87. The van der Waals surface area contributed by atoms with Gasteiger partial charge in [-0.2, -0.15) is 0 Å². The molecule has 0 spiro atoms. The normalized spacial score (nSPS) is 18.1. The molecule has 2 atom stereocenters. The third kappa shape index (κ3) is 2.62. The number of carboxylic acid groups (broad SMARTS) is 1. The Morgan fingerprint density at radius 2 is 2.11 bits per heavy atom. The minimum absolute atomic E-state index is 0.00601. The molecule has 0 saturated carbocycles. The molecule has 102 valence electrons. The predicted molar refractivity (Wildman–Crippen MR) is 72.0 cm³/mol. The molecule has 1 amide bonds. The average molecular weight is 261 g/mol. The summed E-state index contributed by atoms with van der Waals surface area (Å²) in [4.78, 5) is 24.9. The van der Waals surface area contributed by atoms with E-state index in [-0.39, 0.29) is 24.3 Å². The number of benzene rings is 1. The van der Waals surface area contributed by atoms with Crippen molar-refractivity contribution in [2.45, 2.75) is 38.6 Å². The van der Waals surface area contributed by atoms with Crippen LogP contribution < -0.4 is 0 Å². The molecule has 1 aliphatic carbocycles. The highest BCUT2D eigenvalue weighted by atomic mass is 16.4. The Morgan fingerprint density at radius 3 is 2.68 bits per heavy atom. The first-order chi connectivity index (χ1) is 9.04. The van der Waals surface area contributed by atoms with E-state index in [0.717, 1.165) is 12.0 Å². The van der Waals surface area contributed by atoms with Gasteiger partial charge in [-0.3, -0.25) is 9.59 Å². The van der Waals surface area contributed by atoms with Gasteiger partial charge in [0, 0.05) is 12.6 Å². The van der Waals surface area contributed by atoms with Crippen molar-refractivity contribution in [3.05, 3.63) is 35.4 Å². The van der Waals surface area contributed by atoms with Crippen molar-refractivity contribution in [1.29, 1.82) is 0 Å². The monoisotopic (exact) mass is 261 g/mol. The first kappa shape index (κ1) is 13.6. The summed E-state index contributed by atoms with van der Waals surface area (Å²) in [5.74, 6) is -0.907. The van der Waals surface area contributed by atoms with Gasteiger partial charge in [-0.25, -0.2) is 0 Å². The van der Waals surface area contributed by atoms with Gasteiger partial charge in [0.25, 0.3) is 0 Å². The fourth-order valence-corrected chi connectivity index (χ4v) is 2.73. The number of rotatable bonds is 5. The van der Waals surface area contributed by atoms with Crippen LogP contribution in [0.25, 0.3) is 0 Å². The highest BCUT2D eigenvalue weighted by Gasteiger charge is 2.35. The Bertz CT molecular complexity index is 498. The van der Waals surface area contributed by atoms with Crippen LogP contribution in [0.5, 0.6) is 0 Å². The molecule has 4 heteroatoms. The van der Waals surface area contributed by atoms with E-state index in [9.17, 15) is 9.59 Å². The Balaban J connectivity index is 2.09. The number of aliphatic carboxylic acids is 1. The summed E-state index contributed by atoms with van der Waals surface area (Å²) in [6.45, 7) is 4.23. The van der Waals surface area contributed by atoms with E-state index in [1.54, 1.807) is 11.8 Å². The first-order valence-electron chi connectivity index (χ1n) is 6.64. The highest BCUT2D eigenvalue weighted by Crippen LogP contribution is 2.36. The van der Waals surface area contributed by atoms with Crippen molar-refractivity contribution in [2.75, 3.05) is 6.54 Å². The van der Waals surface area contributed by atoms with Crippen molar-refractivity contribution in [1.82, 2.24) is 4.90 Å². The van der Waals surface area contributed by atoms with Crippen LogP contribution in [0, 0.1) is 0 Å². The summed E-state index contributed by atoms with van der Waals surface area (Å²) in [5, 5.41) is 8.84. The Morgan fingerprint density at radius 1 is 1.42 bits per heavy atom. The number of nitrogens with zero attached hydrogens (tertiary/aromatic N) is 1. The van der Waals surface area contributed by atoms with E-state index in [1.807, 2.05) is 31.2 Å². The Labute approximate surface area is 113 Å². The van der Waals surface area contributed by atoms with Gasteiger partial charge in [0.05, 0.1) is 12.3 Å². The summed E-state index contributed by atoms with van der Waals surface area (Å²) in [6.07, 6.45) is 0.763. The van der Waals surface area contributed by atoms with Crippen LogP contribution in [0.4, 0.5) is 0 Å². The maximum Gasteiger partial charge on any atom is 0.305 e. The molecule has 0 radical (unpaired) electrons. The summed E-state index contributed by atoms with van der Waals surface area (Å²) in [6, 6.07) is 7.68. The van der Waals surface area contributed by atoms with Crippen LogP contribution >= 0.6 is 0 Å². The molecule has 1 aromatic carbocycles. The Hall–Kier alpha value is -1.84. The first-order valence-corrected chi connectivity index (χ1v) is 6.64. The molecular weight excluding hydrogens is 242 g/mol. The zero-order valence-corrected chi connectivity index (χ0v) is 11.3. The summed E-state index contributed by atoms with van der Waals surface area (Å²) < 4.78 is 0. The van der Waals surface area contributed by atoms with E-state index in [0.29, 0.717) is 6.54 Å². The number of carbonyl (C=O) groups is 2. The van der Waals surface area contributed by atoms with Gasteiger partial charge >= 0.3 is 5.97 Å². The molecule has 0 bridgehead atoms. The summed E-state index contributed by atoms with van der Waals surface area (Å²) in [7, 11) is 0. The number of carboxylic acids is 1. The van der Waals surface area contributed by atoms with Crippen molar-refractivity contribution in [3.8, 4) is 0 Å². The molecule has 0 heterocycles. The number of fused-ring (bicyclic) bond motifs is 1. The Kier molecular flexibility index (Phi) is 3.88. The van der Waals surface area contributed by atoms with Crippen molar-refractivity contribution < 1.29 is 14.7 Å². The molecule has 0 fully saturated rings. The largest absolute Gasteiger partial charge is 0.481 e. The fraction of sp³-hybridized carbons (Fsp3) is 0.467. The third-order valence-corrected chi connectivity index (χ3v) is 3.78. The lowest BCUT2D eigenvalue weighted by Gasteiger charge is -2.36. The molecule has 19 heavy (non-hydrogen) atoms. The quantitative estimate of drug-likeness (QED) is 0.882. The number of carbonyl (C=O) groups excluding carboxylic acids is 1. The molecular formula is C15H19NO3. The van der Waals surface area contributed by atoms with Crippen LogP contribution in [-0.2, 0) is 16.0 Å².